The Balaban J connectivity index is 2.30. The van der Waals surface area contributed by atoms with Crippen molar-refractivity contribution in [3.05, 3.63) is 12.5 Å². The Labute approximate surface area is 64.4 Å². The van der Waals surface area contributed by atoms with E-state index in [1.54, 1.807) is 6.92 Å². The zero-order valence-corrected chi connectivity index (χ0v) is 6.24. The molecule has 0 spiro atoms. The van der Waals surface area contributed by atoms with E-state index in [0.717, 1.165) is 0 Å². The molecule has 1 heterocycles. The van der Waals surface area contributed by atoms with Crippen LogP contribution in [0, 0.1) is 0 Å². The molecule has 0 aromatic rings. The Kier molecular flexibility index (Phi) is 2.03. The van der Waals surface area contributed by atoms with Crippen molar-refractivity contribution in [2.45, 2.75) is 25.6 Å². The van der Waals surface area contributed by atoms with E-state index < -0.39 is 11.8 Å². The largest absolute Gasteiger partial charge is 0.481 e. The molecule has 0 amide bonds. The van der Waals surface area contributed by atoms with Crippen LogP contribution >= 0.6 is 0 Å². The van der Waals surface area contributed by atoms with Gasteiger partial charge in [-0.05, 0) is 0 Å². The third-order valence-corrected chi connectivity index (χ3v) is 1.48. The first kappa shape index (κ1) is 7.91. The number of carbonyl (C=O) groups is 1. The molecule has 1 aliphatic rings. The number of ether oxygens (including phenoxy) is 2. The monoisotopic (exact) mass is 158 g/mol. The van der Waals surface area contributed by atoms with Crippen LogP contribution in [0.5, 0.6) is 0 Å². The van der Waals surface area contributed by atoms with E-state index in [2.05, 4.69) is 0 Å². The van der Waals surface area contributed by atoms with Crippen molar-refractivity contribution in [1.82, 2.24) is 0 Å². The highest BCUT2D eigenvalue weighted by molar-refractivity contribution is 5.66. The first-order chi connectivity index (χ1) is 5.12. The molecule has 0 saturated carbocycles. The van der Waals surface area contributed by atoms with Crippen LogP contribution in [0.3, 0.4) is 0 Å². The predicted octanol–water partition coefficient (Wildman–Crippen LogP) is 1.09. The highest BCUT2D eigenvalue weighted by atomic mass is 16.7. The number of hydrogen-bond donors (Lipinski definition) is 1. The topological polar surface area (TPSA) is 55.8 Å². The van der Waals surface area contributed by atoms with Gasteiger partial charge in [0.2, 0.25) is 5.79 Å². The molecule has 0 aliphatic carbocycles. The molecule has 0 aromatic heterocycles. The number of rotatable bonds is 3. The molecule has 1 aliphatic heterocycles. The molecule has 0 unspecified atom stereocenters. The molecule has 0 radical (unpaired) electrons. The Morgan fingerprint density at radius 3 is 2.55 bits per heavy atom. The third kappa shape index (κ3) is 2.14. The zero-order chi connectivity index (χ0) is 8.32. The van der Waals surface area contributed by atoms with Crippen LogP contribution in [0.15, 0.2) is 12.5 Å². The molecule has 1 N–H and O–H groups in total. The molecule has 0 atom stereocenters. The molecular formula is C7H10O4. The summed E-state index contributed by atoms with van der Waals surface area (Å²) in [4.78, 5) is 10.2. The Morgan fingerprint density at radius 2 is 2.09 bits per heavy atom. The summed E-state index contributed by atoms with van der Waals surface area (Å²) in [6, 6.07) is 0. The second-order valence-electron chi connectivity index (χ2n) is 2.54. The van der Waals surface area contributed by atoms with E-state index in [-0.39, 0.29) is 6.42 Å². The Bertz CT molecular complexity index is 177. The van der Waals surface area contributed by atoms with Crippen LogP contribution in [0.2, 0.25) is 0 Å². The first-order valence-corrected chi connectivity index (χ1v) is 3.35. The van der Waals surface area contributed by atoms with Crippen LogP contribution in [-0.2, 0) is 14.3 Å². The lowest BCUT2D eigenvalue weighted by molar-refractivity contribution is -0.150. The summed E-state index contributed by atoms with van der Waals surface area (Å²) in [7, 11) is 0. The highest BCUT2D eigenvalue weighted by Crippen LogP contribution is 2.24. The molecule has 1 rings (SSSR count). The van der Waals surface area contributed by atoms with Crippen molar-refractivity contribution < 1.29 is 19.4 Å². The van der Waals surface area contributed by atoms with Crippen molar-refractivity contribution in [2.75, 3.05) is 0 Å². The van der Waals surface area contributed by atoms with Crippen LogP contribution in [0.25, 0.3) is 0 Å². The molecule has 62 valence electrons. The maximum Gasteiger partial charge on any atom is 0.303 e. The Morgan fingerprint density at radius 1 is 1.55 bits per heavy atom. The van der Waals surface area contributed by atoms with E-state index in [1.807, 2.05) is 0 Å². The molecule has 0 bridgehead atoms. The van der Waals surface area contributed by atoms with Crippen LogP contribution in [0.1, 0.15) is 19.8 Å². The van der Waals surface area contributed by atoms with Gasteiger partial charge in [0.25, 0.3) is 0 Å². The first-order valence-electron chi connectivity index (χ1n) is 3.35. The van der Waals surface area contributed by atoms with Crippen LogP contribution in [0.4, 0.5) is 0 Å². The number of carboxylic acid groups (broad SMARTS) is 1. The van der Waals surface area contributed by atoms with E-state index in [0.29, 0.717) is 6.42 Å². The quantitative estimate of drug-likeness (QED) is 0.667. The minimum Gasteiger partial charge on any atom is -0.481 e. The molecule has 11 heavy (non-hydrogen) atoms. The van der Waals surface area contributed by atoms with Crippen LogP contribution in [-0.4, -0.2) is 16.9 Å². The molecule has 0 saturated heterocycles. The van der Waals surface area contributed by atoms with E-state index in [1.165, 1.54) is 12.5 Å². The summed E-state index contributed by atoms with van der Waals surface area (Å²) in [5.41, 5.74) is 0. The maximum absolute atomic E-state index is 10.2. The van der Waals surface area contributed by atoms with Crippen molar-refractivity contribution in [1.29, 1.82) is 0 Å². The van der Waals surface area contributed by atoms with Gasteiger partial charge in [-0.2, -0.15) is 0 Å². The van der Waals surface area contributed by atoms with Gasteiger partial charge in [-0.1, -0.05) is 0 Å². The summed E-state index contributed by atoms with van der Waals surface area (Å²) < 4.78 is 10.0. The van der Waals surface area contributed by atoms with Crippen molar-refractivity contribution >= 4 is 5.97 Å². The average Bonchev–Trinajstić information content (AvgIpc) is 2.33. The summed E-state index contributed by atoms with van der Waals surface area (Å²) in [5, 5.41) is 8.36. The number of aliphatic carboxylic acids is 1. The van der Waals surface area contributed by atoms with Crippen molar-refractivity contribution in [3.63, 3.8) is 0 Å². The number of hydrogen-bond acceptors (Lipinski definition) is 3. The normalized spacial score (nSPS) is 19.0. The maximum atomic E-state index is 10.2. The van der Waals surface area contributed by atoms with Gasteiger partial charge < -0.3 is 14.6 Å². The van der Waals surface area contributed by atoms with Crippen molar-refractivity contribution in [2.24, 2.45) is 0 Å². The lowest BCUT2D eigenvalue weighted by atomic mass is 10.2. The second kappa shape index (κ2) is 2.82. The molecule has 0 fully saturated rings. The SMILES string of the molecule is CC1(CCC(=O)O)OC=CO1. The van der Waals surface area contributed by atoms with Gasteiger partial charge in [-0.15, -0.1) is 0 Å². The molecular weight excluding hydrogens is 148 g/mol. The summed E-state index contributed by atoms with van der Waals surface area (Å²) in [6.07, 6.45) is 3.25. The number of carboxylic acids is 1. The fraction of sp³-hybridized carbons (Fsp3) is 0.571. The minimum absolute atomic E-state index is 0.0537. The lowest BCUT2D eigenvalue weighted by Gasteiger charge is -2.21. The molecule has 0 aromatic carbocycles. The van der Waals surface area contributed by atoms with Gasteiger partial charge in [0.05, 0.1) is 6.42 Å². The van der Waals surface area contributed by atoms with Gasteiger partial charge in [-0.3, -0.25) is 4.79 Å². The van der Waals surface area contributed by atoms with Gasteiger partial charge in [0, 0.05) is 13.3 Å². The van der Waals surface area contributed by atoms with E-state index >= 15 is 0 Å². The minimum atomic E-state index is -0.842. The highest BCUT2D eigenvalue weighted by Gasteiger charge is 2.29. The molecule has 4 heteroatoms. The molecule has 4 nitrogen and oxygen atoms in total. The average molecular weight is 158 g/mol. The van der Waals surface area contributed by atoms with E-state index in [9.17, 15) is 4.79 Å². The Hall–Kier alpha value is -1.19. The van der Waals surface area contributed by atoms with Gasteiger partial charge in [0.1, 0.15) is 12.5 Å². The second-order valence-corrected chi connectivity index (χ2v) is 2.54. The van der Waals surface area contributed by atoms with Crippen molar-refractivity contribution in [3.8, 4) is 0 Å². The van der Waals surface area contributed by atoms with Gasteiger partial charge >= 0.3 is 5.97 Å². The van der Waals surface area contributed by atoms with E-state index in [4.69, 9.17) is 14.6 Å². The summed E-state index contributed by atoms with van der Waals surface area (Å²) >= 11 is 0. The standard InChI is InChI=1S/C7H10O4/c1-7(3-2-6(8)9)10-4-5-11-7/h4-5H,2-3H2,1H3,(H,8,9). The predicted molar refractivity (Wildman–Crippen MR) is 36.6 cm³/mol. The summed E-state index contributed by atoms with van der Waals surface area (Å²) in [6.45, 7) is 1.70. The lowest BCUT2D eigenvalue weighted by Crippen LogP contribution is -2.26. The zero-order valence-electron chi connectivity index (χ0n) is 6.24. The summed E-state index contributed by atoms with van der Waals surface area (Å²) in [5.74, 6) is -1.61. The fourth-order valence-electron chi connectivity index (χ4n) is 0.823. The van der Waals surface area contributed by atoms with Crippen LogP contribution < -0.4 is 0 Å². The smallest absolute Gasteiger partial charge is 0.303 e. The van der Waals surface area contributed by atoms with Gasteiger partial charge in [-0.25, -0.2) is 0 Å². The third-order valence-electron chi connectivity index (χ3n) is 1.48. The fourth-order valence-corrected chi connectivity index (χ4v) is 0.823. The van der Waals surface area contributed by atoms with Gasteiger partial charge in [0.15, 0.2) is 0 Å².